The largest absolute Gasteiger partial charge is 0.475 e. The molecule has 0 N–H and O–H groups in total. The van der Waals surface area contributed by atoms with Gasteiger partial charge in [0.05, 0.1) is 19.3 Å². The van der Waals surface area contributed by atoms with Crippen molar-refractivity contribution in [1.82, 2.24) is 9.38 Å². The Morgan fingerprint density at radius 2 is 2.04 bits per heavy atom. The van der Waals surface area contributed by atoms with Crippen LogP contribution in [0.2, 0.25) is 0 Å². The van der Waals surface area contributed by atoms with Crippen LogP contribution in [0.3, 0.4) is 0 Å². The average molecular weight is 399 g/mol. The zero-order valence-electron chi connectivity index (χ0n) is 15.5. The number of carbonyl (C=O) groups excluding carboxylic acids is 2. The topological polar surface area (TPSA) is 90.2 Å². The summed E-state index contributed by atoms with van der Waals surface area (Å²) in [5.41, 5.74) is 0.728. The number of nitrogens with zero attached hydrogens (tertiary/aromatic N) is 3. The molecule has 0 radical (unpaired) electrons. The number of thiazole rings is 1. The summed E-state index contributed by atoms with van der Waals surface area (Å²) in [6.45, 7) is 3.65. The minimum atomic E-state index is -0.978. The molecule has 0 fully saturated rings. The van der Waals surface area contributed by atoms with Crippen molar-refractivity contribution in [1.29, 1.82) is 0 Å². The predicted molar refractivity (Wildman–Crippen MR) is 103 cm³/mol. The zero-order valence-corrected chi connectivity index (χ0v) is 16.3. The molecule has 3 aromatic rings. The highest BCUT2D eigenvalue weighted by Gasteiger charge is 2.35. The number of hydrogen-bond donors (Lipinski definition) is 0. The Morgan fingerprint density at radius 1 is 1.29 bits per heavy atom. The molecule has 2 aromatic heterocycles. The average Bonchev–Trinajstić information content (AvgIpc) is 3.00. The highest BCUT2D eigenvalue weighted by atomic mass is 32.1. The van der Waals surface area contributed by atoms with Gasteiger partial charge in [0, 0.05) is 16.8 Å². The fraction of sp³-hybridized carbons (Fsp3) is 0.263. The normalized spacial score (nSPS) is 15.8. The molecule has 8 nitrogen and oxygen atoms in total. The molecule has 1 aliphatic heterocycles. The second kappa shape index (κ2) is 6.75. The van der Waals surface area contributed by atoms with Gasteiger partial charge in [-0.1, -0.05) is 12.1 Å². The van der Waals surface area contributed by atoms with Crippen LogP contribution in [0.1, 0.15) is 20.9 Å². The summed E-state index contributed by atoms with van der Waals surface area (Å²) in [6, 6.07) is 6.85. The van der Waals surface area contributed by atoms with Crippen LogP contribution in [-0.4, -0.2) is 41.0 Å². The lowest BCUT2D eigenvalue weighted by Gasteiger charge is -2.33. The number of ether oxygens (including phenoxy) is 2. The van der Waals surface area contributed by atoms with Crippen LogP contribution < -0.4 is 15.2 Å². The summed E-state index contributed by atoms with van der Waals surface area (Å²) in [5, 5.41) is 0. The van der Waals surface area contributed by atoms with Crippen molar-refractivity contribution in [2.45, 2.75) is 20.0 Å². The van der Waals surface area contributed by atoms with Crippen molar-refractivity contribution in [3.8, 4) is 5.75 Å². The number of anilines is 1. The molecule has 0 aliphatic carbocycles. The van der Waals surface area contributed by atoms with E-state index in [1.807, 2.05) is 13.8 Å². The molecule has 1 aromatic carbocycles. The van der Waals surface area contributed by atoms with Gasteiger partial charge < -0.3 is 14.4 Å². The first-order valence-corrected chi connectivity index (χ1v) is 9.37. The molecule has 1 atom stereocenters. The number of rotatable bonds is 2. The third-order valence-electron chi connectivity index (χ3n) is 4.73. The molecule has 9 heteroatoms. The van der Waals surface area contributed by atoms with Gasteiger partial charge in [-0.25, -0.2) is 9.78 Å². The second-order valence-corrected chi connectivity index (χ2v) is 7.53. The van der Waals surface area contributed by atoms with Gasteiger partial charge >= 0.3 is 5.97 Å². The Labute approximate surface area is 163 Å². The first kappa shape index (κ1) is 18.2. The Kier molecular flexibility index (Phi) is 4.38. The van der Waals surface area contributed by atoms with Gasteiger partial charge in [0.25, 0.3) is 11.5 Å². The van der Waals surface area contributed by atoms with E-state index in [9.17, 15) is 14.4 Å². The first-order chi connectivity index (χ1) is 13.4. The predicted octanol–water partition coefficient (Wildman–Crippen LogP) is 1.95. The Morgan fingerprint density at radius 3 is 2.79 bits per heavy atom. The van der Waals surface area contributed by atoms with E-state index in [2.05, 4.69) is 4.98 Å². The van der Waals surface area contributed by atoms with Crippen LogP contribution in [0.4, 0.5) is 5.69 Å². The molecule has 28 heavy (non-hydrogen) atoms. The number of fused-ring (bicyclic) bond motifs is 2. The van der Waals surface area contributed by atoms with Crippen molar-refractivity contribution in [3.05, 3.63) is 57.0 Å². The van der Waals surface area contributed by atoms with Gasteiger partial charge in [-0.2, -0.15) is 0 Å². The maximum absolute atomic E-state index is 13.3. The van der Waals surface area contributed by atoms with E-state index >= 15 is 0 Å². The smallest absolute Gasteiger partial charge is 0.348 e. The van der Waals surface area contributed by atoms with E-state index < -0.39 is 23.5 Å². The van der Waals surface area contributed by atoms with Gasteiger partial charge in [0.1, 0.15) is 11.3 Å². The molecule has 0 unspecified atom stereocenters. The Hall–Kier alpha value is -3.20. The number of benzene rings is 1. The summed E-state index contributed by atoms with van der Waals surface area (Å²) in [6.07, 6.45) is 0.314. The number of amides is 1. The molecule has 1 amide bonds. The summed E-state index contributed by atoms with van der Waals surface area (Å²) in [5.74, 6) is -0.768. The fourth-order valence-corrected chi connectivity index (χ4v) is 4.08. The van der Waals surface area contributed by atoms with Gasteiger partial charge in [-0.05, 0) is 26.0 Å². The van der Waals surface area contributed by atoms with E-state index in [1.165, 1.54) is 33.9 Å². The van der Waals surface area contributed by atoms with Crippen LogP contribution in [0.25, 0.3) is 4.96 Å². The molecule has 3 heterocycles. The van der Waals surface area contributed by atoms with Gasteiger partial charge in [-0.3, -0.25) is 14.0 Å². The highest BCUT2D eigenvalue weighted by Crippen LogP contribution is 2.34. The standard InChI is InChI=1S/C19H17N3O5S/c1-10-11(2)28-19-20-8-12(17(24)22(10)19)16(23)21-9-15(18(25)26-3)27-14-7-5-4-6-13(14)21/h4-8,15H,9H2,1-3H3/t15-/m0/s1. The third kappa shape index (κ3) is 2.75. The lowest BCUT2D eigenvalue weighted by molar-refractivity contribution is -0.148. The SMILES string of the molecule is COC(=O)[C@@H]1CN(C(=O)c2cnc3sc(C)c(C)n3c2=O)c2ccccc2O1. The lowest BCUT2D eigenvalue weighted by Crippen LogP contribution is -2.48. The molecule has 144 valence electrons. The summed E-state index contributed by atoms with van der Waals surface area (Å²) >= 11 is 1.39. The van der Waals surface area contributed by atoms with Gasteiger partial charge in [-0.15, -0.1) is 11.3 Å². The first-order valence-electron chi connectivity index (χ1n) is 8.55. The number of methoxy groups -OCH3 is 1. The van der Waals surface area contributed by atoms with E-state index in [-0.39, 0.29) is 12.1 Å². The quantitative estimate of drug-likeness (QED) is 0.612. The minimum absolute atomic E-state index is 0.0632. The van der Waals surface area contributed by atoms with Crippen molar-refractivity contribution in [2.75, 3.05) is 18.6 Å². The maximum Gasteiger partial charge on any atom is 0.348 e. The highest BCUT2D eigenvalue weighted by molar-refractivity contribution is 7.17. The third-order valence-corrected chi connectivity index (χ3v) is 5.80. The summed E-state index contributed by atoms with van der Waals surface area (Å²) < 4.78 is 11.9. The number of esters is 1. The summed E-state index contributed by atoms with van der Waals surface area (Å²) in [7, 11) is 1.25. The van der Waals surface area contributed by atoms with E-state index in [1.54, 1.807) is 24.3 Å². The Bertz CT molecular complexity index is 1170. The van der Waals surface area contributed by atoms with Gasteiger partial charge in [0.15, 0.2) is 4.96 Å². The molecular formula is C19H17N3O5S. The van der Waals surface area contributed by atoms with Crippen molar-refractivity contribution >= 4 is 33.9 Å². The molecule has 0 bridgehead atoms. The van der Waals surface area contributed by atoms with E-state index in [0.717, 1.165) is 10.6 Å². The van der Waals surface area contributed by atoms with E-state index in [4.69, 9.17) is 9.47 Å². The zero-order chi connectivity index (χ0) is 20.0. The van der Waals surface area contributed by atoms with Crippen LogP contribution in [-0.2, 0) is 9.53 Å². The number of para-hydroxylation sites is 2. The van der Waals surface area contributed by atoms with Crippen LogP contribution in [0.15, 0.2) is 35.3 Å². The van der Waals surface area contributed by atoms with Crippen molar-refractivity contribution in [3.63, 3.8) is 0 Å². The number of aromatic nitrogens is 2. The van der Waals surface area contributed by atoms with Crippen molar-refractivity contribution in [2.24, 2.45) is 0 Å². The number of carbonyl (C=O) groups is 2. The summed E-state index contributed by atoms with van der Waals surface area (Å²) in [4.78, 5) is 45.4. The van der Waals surface area contributed by atoms with Crippen LogP contribution in [0.5, 0.6) is 5.75 Å². The molecule has 4 rings (SSSR count). The maximum atomic E-state index is 13.3. The fourth-order valence-electron chi connectivity index (χ4n) is 3.15. The van der Waals surface area contributed by atoms with Crippen molar-refractivity contribution < 1.29 is 19.1 Å². The molecule has 0 spiro atoms. The van der Waals surface area contributed by atoms with Crippen LogP contribution >= 0.6 is 11.3 Å². The van der Waals surface area contributed by atoms with Gasteiger partial charge in [0.2, 0.25) is 6.10 Å². The molecule has 0 saturated carbocycles. The second-order valence-electron chi connectivity index (χ2n) is 6.35. The minimum Gasteiger partial charge on any atom is -0.475 e. The number of aryl methyl sites for hydroxylation is 2. The van der Waals surface area contributed by atoms with Crippen LogP contribution in [0, 0.1) is 13.8 Å². The molecular weight excluding hydrogens is 382 g/mol. The molecule has 1 aliphatic rings. The Balaban J connectivity index is 1.82. The molecule has 0 saturated heterocycles. The van der Waals surface area contributed by atoms with E-state index in [0.29, 0.717) is 16.4 Å². The monoisotopic (exact) mass is 399 g/mol. The lowest BCUT2D eigenvalue weighted by atomic mass is 10.1. The number of hydrogen-bond acceptors (Lipinski definition) is 7.